The zero-order valence-corrected chi connectivity index (χ0v) is 15.9. The highest BCUT2D eigenvalue weighted by molar-refractivity contribution is 5.83. The highest BCUT2D eigenvalue weighted by Gasteiger charge is 2.30. The van der Waals surface area contributed by atoms with Gasteiger partial charge in [0.15, 0.2) is 0 Å². The van der Waals surface area contributed by atoms with Gasteiger partial charge in [0.25, 0.3) is 0 Å². The molecule has 144 valence electrons. The maximum absolute atomic E-state index is 13.6. The van der Waals surface area contributed by atoms with Gasteiger partial charge in [0, 0.05) is 25.6 Å². The molecule has 6 heteroatoms. The topological polar surface area (TPSA) is 75.4 Å². The molecule has 5 nitrogen and oxygen atoms in total. The van der Waals surface area contributed by atoms with Crippen molar-refractivity contribution < 1.29 is 14.0 Å². The van der Waals surface area contributed by atoms with Crippen LogP contribution in [0.15, 0.2) is 18.2 Å². The third-order valence-electron chi connectivity index (χ3n) is 5.42. The molecule has 2 rings (SSSR count). The quantitative estimate of drug-likeness (QED) is 0.815. The van der Waals surface area contributed by atoms with E-state index in [9.17, 15) is 14.0 Å². The summed E-state index contributed by atoms with van der Waals surface area (Å²) >= 11 is 0. The largest absolute Gasteiger partial charge is 0.352 e. The molecule has 1 heterocycles. The lowest BCUT2D eigenvalue weighted by Crippen LogP contribution is -2.50. The molecule has 1 aromatic rings. The molecule has 0 spiro atoms. The van der Waals surface area contributed by atoms with Crippen LogP contribution in [0.3, 0.4) is 0 Å². The molecule has 2 atom stereocenters. The van der Waals surface area contributed by atoms with E-state index >= 15 is 0 Å². The first-order valence-electron chi connectivity index (χ1n) is 9.40. The number of hydrogen-bond acceptors (Lipinski definition) is 3. The van der Waals surface area contributed by atoms with Crippen molar-refractivity contribution in [2.45, 2.75) is 52.6 Å². The van der Waals surface area contributed by atoms with Crippen molar-refractivity contribution >= 4 is 11.8 Å². The lowest BCUT2D eigenvalue weighted by atomic mass is 9.93. The molecular formula is C20H30FN3O2. The minimum Gasteiger partial charge on any atom is -0.352 e. The van der Waals surface area contributed by atoms with Crippen molar-refractivity contribution in [3.8, 4) is 0 Å². The van der Waals surface area contributed by atoms with Gasteiger partial charge >= 0.3 is 0 Å². The molecule has 0 aliphatic carbocycles. The lowest BCUT2D eigenvalue weighted by Gasteiger charge is -2.34. The summed E-state index contributed by atoms with van der Waals surface area (Å²) in [5.74, 6) is -0.286. The number of carbonyl (C=O) groups excluding carboxylic acids is 2. The van der Waals surface area contributed by atoms with E-state index in [1.807, 2.05) is 19.9 Å². The minimum absolute atomic E-state index is 0.0201. The summed E-state index contributed by atoms with van der Waals surface area (Å²) in [7, 11) is 0. The van der Waals surface area contributed by atoms with Crippen LogP contribution in [-0.2, 0) is 16.1 Å². The Morgan fingerprint density at radius 3 is 2.58 bits per heavy atom. The van der Waals surface area contributed by atoms with Gasteiger partial charge in [-0.15, -0.1) is 0 Å². The number of nitrogens with two attached hydrogens (primary N) is 1. The van der Waals surface area contributed by atoms with Crippen molar-refractivity contribution in [3.63, 3.8) is 0 Å². The maximum Gasteiger partial charge on any atom is 0.239 e. The van der Waals surface area contributed by atoms with Crippen molar-refractivity contribution in [1.29, 1.82) is 0 Å². The number of nitrogens with zero attached hydrogens (tertiary/aromatic N) is 1. The van der Waals surface area contributed by atoms with Gasteiger partial charge in [-0.3, -0.25) is 9.59 Å². The number of benzene rings is 1. The van der Waals surface area contributed by atoms with E-state index in [1.165, 1.54) is 6.07 Å². The number of aryl methyl sites for hydroxylation is 1. The average Bonchev–Trinajstić information content (AvgIpc) is 2.66. The van der Waals surface area contributed by atoms with Crippen LogP contribution in [0.5, 0.6) is 0 Å². The van der Waals surface area contributed by atoms with Gasteiger partial charge < -0.3 is 16.0 Å². The van der Waals surface area contributed by atoms with E-state index in [-0.39, 0.29) is 29.5 Å². The standard InChI is InChI=1S/C20H30FN3O2/c1-4-13(2)18(22)20(26)24-9-7-16(8-10-24)19(25)23-12-15-6-5-14(3)17(21)11-15/h5-6,11,13,16,18H,4,7-10,12,22H2,1-3H3,(H,23,25). The van der Waals surface area contributed by atoms with E-state index in [1.54, 1.807) is 17.9 Å². The molecule has 3 N–H and O–H groups in total. The van der Waals surface area contributed by atoms with Crippen molar-refractivity contribution in [2.75, 3.05) is 13.1 Å². The first kappa shape index (κ1) is 20.4. The van der Waals surface area contributed by atoms with Crippen LogP contribution in [0.2, 0.25) is 0 Å². The monoisotopic (exact) mass is 363 g/mol. The average molecular weight is 363 g/mol. The highest BCUT2D eigenvalue weighted by Crippen LogP contribution is 2.20. The number of likely N-dealkylation sites (tertiary alicyclic amines) is 1. The van der Waals surface area contributed by atoms with Crippen LogP contribution in [0.1, 0.15) is 44.2 Å². The third kappa shape index (κ3) is 5.04. The van der Waals surface area contributed by atoms with Crippen LogP contribution in [0.4, 0.5) is 4.39 Å². The molecule has 1 saturated heterocycles. The Kier molecular flexibility index (Phi) is 7.14. The Morgan fingerprint density at radius 2 is 2.00 bits per heavy atom. The number of rotatable bonds is 6. The molecule has 1 aliphatic rings. The fraction of sp³-hybridized carbons (Fsp3) is 0.600. The highest BCUT2D eigenvalue weighted by atomic mass is 19.1. The number of halogens is 1. The summed E-state index contributed by atoms with van der Waals surface area (Å²) < 4.78 is 13.6. The second-order valence-electron chi connectivity index (χ2n) is 7.31. The van der Waals surface area contributed by atoms with Gasteiger partial charge in [0.1, 0.15) is 5.82 Å². The number of hydrogen-bond donors (Lipinski definition) is 2. The van der Waals surface area contributed by atoms with Gasteiger partial charge in [0.2, 0.25) is 11.8 Å². The van der Waals surface area contributed by atoms with Gasteiger partial charge in [-0.25, -0.2) is 4.39 Å². The molecule has 1 aromatic carbocycles. The van der Waals surface area contributed by atoms with Gasteiger partial charge in [0.05, 0.1) is 6.04 Å². The summed E-state index contributed by atoms with van der Waals surface area (Å²) in [4.78, 5) is 26.5. The van der Waals surface area contributed by atoms with E-state index in [0.717, 1.165) is 12.0 Å². The molecule has 0 aromatic heterocycles. The van der Waals surface area contributed by atoms with Crippen molar-refractivity contribution in [3.05, 3.63) is 35.1 Å². The summed E-state index contributed by atoms with van der Waals surface area (Å²) in [5, 5.41) is 2.88. The maximum atomic E-state index is 13.6. The molecule has 2 unspecified atom stereocenters. The molecule has 1 aliphatic heterocycles. The summed E-state index contributed by atoms with van der Waals surface area (Å²) in [6.07, 6.45) is 2.13. The smallest absolute Gasteiger partial charge is 0.239 e. The predicted molar refractivity (Wildman–Crippen MR) is 99.7 cm³/mol. The molecule has 0 bridgehead atoms. The van der Waals surface area contributed by atoms with E-state index < -0.39 is 6.04 Å². The van der Waals surface area contributed by atoms with Crippen LogP contribution in [0, 0.1) is 24.6 Å². The number of carbonyl (C=O) groups is 2. The van der Waals surface area contributed by atoms with Crippen LogP contribution in [-0.4, -0.2) is 35.8 Å². The summed E-state index contributed by atoms with van der Waals surface area (Å²) in [6.45, 7) is 7.14. The van der Waals surface area contributed by atoms with Gasteiger partial charge in [-0.05, 0) is 42.9 Å². The number of amides is 2. The molecule has 0 radical (unpaired) electrons. The lowest BCUT2D eigenvalue weighted by molar-refractivity contribution is -0.137. The second-order valence-corrected chi connectivity index (χ2v) is 7.31. The molecular weight excluding hydrogens is 333 g/mol. The minimum atomic E-state index is -0.471. The Hall–Kier alpha value is -1.95. The van der Waals surface area contributed by atoms with E-state index in [0.29, 0.717) is 38.0 Å². The first-order valence-corrected chi connectivity index (χ1v) is 9.40. The van der Waals surface area contributed by atoms with Crippen LogP contribution >= 0.6 is 0 Å². The van der Waals surface area contributed by atoms with Gasteiger partial charge in [-0.2, -0.15) is 0 Å². The Labute approximate surface area is 155 Å². The zero-order valence-electron chi connectivity index (χ0n) is 15.9. The van der Waals surface area contributed by atoms with E-state index in [4.69, 9.17) is 5.73 Å². The number of nitrogens with one attached hydrogen (secondary N) is 1. The molecule has 2 amide bonds. The fourth-order valence-corrected chi connectivity index (χ4v) is 3.15. The van der Waals surface area contributed by atoms with Crippen LogP contribution < -0.4 is 11.1 Å². The third-order valence-corrected chi connectivity index (χ3v) is 5.42. The Bertz CT molecular complexity index is 642. The fourth-order valence-electron chi connectivity index (χ4n) is 3.15. The van der Waals surface area contributed by atoms with E-state index in [2.05, 4.69) is 5.32 Å². The normalized spacial score (nSPS) is 17.7. The van der Waals surface area contributed by atoms with Crippen molar-refractivity contribution in [1.82, 2.24) is 10.2 Å². The first-order chi connectivity index (χ1) is 12.3. The summed E-state index contributed by atoms with van der Waals surface area (Å²) in [6, 6.07) is 4.51. The second kappa shape index (κ2) is 9.12. The molecule has 26 heavy (non-hydrogen) atoms. The molecule has 0 saturated carbocycles. The Morgan fingerprint density at radius 1 is 1.35 bits per heavy atom. The predicted octanol–water partition coefficient (Wildman–Crippen LogP) is 2.36. The number of piperidine rings is 1. The Balaban J connectivity index is 1.80. The summed E-state index contributed by atoms with van der Waals surface area (Å²) in [5.41, 5.74) is 7.36. The van der Waals surface area contributed by atoms with Crippen LogP contribution in [0.25, 0.3) is 0 Å². The van der Waals surface area contributed by atoms with Gasteiger partial charge in [-0.1, -0.05) is 32.4 Å². The SMILES string of the molecule is CCC(C)C(N)C(=O)N1CCC(C(=O)NCc2ccc(C)c(F)c2)CC1. The van der Waals surface area contributed by atoms with Crippen molar-refractivity contribution in [2.24, 2.45) is 17.6 Å². The zero-order chi connectivity index (χ0) is 19.3. The molecule has 1 fully saturated rings.